The standard InChI is InChI=1S/C11H21N3O2S/c1-3-11(2,9(12)14-16)10(15)13-8-5-4-6-17-7-8/h8,16H,3-7H2,1-2H3,(H2,12,14)(H,13,15). The molecule has 1 aliphatic heterocycles. The van der Waals surface area contributed by atoms with Gasteiger partial charge in [-0.1, -0.05) is 12.1 Å². The summed E-state index contributed by atoms with van der Waals surface area (Å²) < 4.78 is 0. The van der Waals surface area contributed by atoms with E-state index >= 15 is 0 Å². The molecule has 0 saturated carbocycles. The van der Waals surface area contributed by atoms with Gasteiger partial charge in [0.25, 0.3) is 0 Å². The van der Waals surface area contributed by atoms with Gasteiger partial charge < -0.3 is 16.3 Å². The first-order valence-corrected chi connectivity index (χ1v) is 7.06. The van der Waals surface area contributed by atoms with Gasteiger partial charge in [0.2, 0.25) is 5.91 Å². The van der Waals surface area contributed by atoms with Crippen LogP contribution in [0.4, 0.5) is 0 Å². The Hall–Kier alpha value is -0.910. The Morgan fingerprint density at radius 3 is 2.88 bits per heavy atom. The SMILES string of the molecule is CCC(C)(C(=O)NC1CCCSC1)C(N)=NO. The molecule has 0 spiro atoms. The maximum absolute atomic E-state index is 12.2. The summed E-state index contributed by atoms with van der Waals surface area (Å²) in [4.78, 5) is 12.2. The molecule has 0 aromatic rings. The van der Waals surface area contributed by atoms with Crippen LogP contribution in [0.5, 0.6) is 0 Å². The number of oxime groups is 1. The molecule has 1 aliphatic rings. The van der Waals surface area contributed by atoms with Crippen molar-refractivity contribution in [2.75, 3.05) is 11.5 Å². The van der Waals surface area contributed by atoms with Crippen LogP contribution >= 0.6 is 11.8 Å². The molecule has 5 nitrogen and oxygen atoms in total. The zero-order valence-electron chi connectivity index (χ0n) is 10.4. The van der Waals surface area contributed by atoms with Crippen LogP contribution in [0.1, 0.15) is 33.1 Å². The zero-order valence-corrected chi connectivity index (χ0v) is 11.2. The van der Waals surface area contributed by atoms with Crippen molar-refractivity contribution >= 4 is 23.5 Å². The van der Waals surface area contributed by atoms with E-state index in [9.17, 15) is 4.79 Å². The minimum absolute atomic E-state index is 0.0269. The van der Waals surface area contributed by atoms with Gasteiger partial charge >= 0.3 is 0 Å². The Balaban J connectivity index is 2.66. The number of carbonyl (C=O) groups excluding carboxylic acids is 1. The Kier molecular flexibility index (Phi) is 5.11. The van der Waals surface area contributed by atoms with Crippen molar-refractivity contribution in [2.45, 2.75) is 39.2 Å². The molecule has 0 aromatic carbocycles. The molecule has 0 aliphatic carbocycles. The average Bonchev–Trinajstić information content (AvgIpc) is 2.37. The van der Waals surface area contributed by atoms with Gasteiger partial charge in [-0.15, -0.1) is 0 Å². The lowest BCUT2D eigenvalue weighted by molar-refractivity contribution is -0.127. The second-order valence-electron chi connectivity index (χ2n) is 4.56. The molecule has 1 fully saturated rings. The highest BCUT2D eigenvalue weighted by Crippen LogP contribution is 2.23. The molecule has 17 heavy (non-hydrogen) atoms. The summed E-state index contributed by atoms with van der Waals surface area (Å²) in [6, 6.07) is 0.207. The summed E-state index contributed by atoms with van der Waals surface area (Å²) in [5, 5.41) is 14.7. The Bertz CT molecular complexity index is 303. The van der Waals surface area contributed by atoms with Crippen LogP contribution in [0.25, 0.3) is 0 Å². The van der Waals surface area contributed by atoms with Gasteiger partial charge in [0, 0.05) is 11.8 Å². The summed E-state index contributed by atoms with van der Waals surface area (Å²) in [7, 11) is 0. The lowest BCUT2D eigenvalue weighted by atomic mass is 9.85. The van der Waals surface area contributed by atoms with Crippen molar-refractivity contribution in [3.05, 3.63) is 0 Å². The molecule has 0 bridgehead atoms. The molecule has 1 saturated heterocycles. The van der Waals surface area contributed by atoms with Crippen LogP contribution in [-0.4, -0.2) is 34.5 Å². The third-order valence-electron chi connectivity index (χ3n) is 3.38. The zero-order chi connectivity index (χ0) is 12.9. The van der Waals surface area contributed by atoms with E-state index in [2.05, 4.69) is 10.5 Å². The minimum atomic E-state index is -0.920. The molecule has 98 valence electrons. The van der Waals surface area contributed by atoms with Crippen molar-refractivity contribution in [1.29, 1.82) is 0 Å². The van der Waals surface area contributed by atoms with Crippen molar-refractivity contribution in [3.8, 4) is 0 Å². The maximum atomic E-state index is 12.2. The number of nitrogens with two attached hydrogens (primary N) is 1. The Labute approximate surface area is 106 Å². The number of thioether (sulfide) groups is 1. The van der Waals surface area contributed by atoms with E-state index < -0.39 is 5.41 Å². The fourth-order valence-corrected chi connectivity index (χ4v) is 2.84. The highest BCUT2D eigenvalue weighted by atomic mass is 32.2. The molecular formula is C11H21N3O2S. The smallest absolute Gasteiger partial charge is 0.233 e. The van der Waals surface area contributed by atoms with Crippen LogP contribution in [0.15, 0.2) is 5.16 Å². The largest absolute Gasteiger partial charge is 0.409 e. The van der Waals surface area contributed by atoms with E-state index in [1.165, 1.54) is 0 Å². The van der Waals surface area contributed by atoms with Crippen LogP contribution in [0, 0.1) is 5.41 Å². The maximum Gasteiger partial charge on any atom is 0.233 e. The number of hydrogen-bond acceptors (Lipinski definition) is 4. The number of hydrogen-bond donors (Lipinski definition) is 3. The first kappa shape index (κ1) is 14.2. The van der Waals surface area contributed by atoms with Gasteiger partial charge in [0.05, 0.1) is 0 Å². The summed E-state index contributed by atoms with van der Waals surface area (Å²) in [5.41, 5.74) is 4.68. The first-order valence-electron chi connectivity index (χ1n) is 5.91. The van der Waals surface area contributed by atoms with E-state index in [4.69, 9.17) is 10.9 Å². The molecule has 6 heteroatoms. The van der Waals surface area contributed by atoms with E-state index in [1.54, 1.807) is 6.92 Å². The molecule has 2 unspecified atom stereocenters. The van der Waals surface area contributed by atoms with Gasteiger partial charge in [0.15, 0.2) is 5.84 Å². The van der Waals surface area contributed by atoms with E-state index in [1.807, 2.05) is 18.7 Å². The fourth-order valence-electron chi connectivity index (χ4n) is 1.77. The second kappa shape index (κ2) is 6.14. The predicted octanol–water partition coefficient (Wildman–Crippen LogP) is 1.16. The van der Waals surface area contributed by atoms with E-state index in [0.717, 1.165) is 24.3 Å². The van der Waals surface area contributed by atoms with Gasteiger partial charge in [-0.25, -0.2) is 0 Å². The topological polar surface area (TPSA) is 87.7 Å². The van der Waals surface area contributed by atoms with Crippen LogP contribution in [-0.2, 0) is 4.79 Å². The van der Waals surface area contributed by atoms with E-state index in [-0.39, 0.29) is 17.8 Å². The van der Waals surface area contributed by atoms with E-state index in [0.29, 0.717) is 6.42 Å². The molecule has 1 rings (SSSR count). The molecule has 0 aromatic heterocycles. The van der Waals surface area contributed by atoms with Crippen molar-refractivity contribution < 1.29 is 10.0 Å². The minimum Gasteiger partial charge on any atom is -0.409 e. The monoisotopic (exact) mass is 259 g/mol. The third kappa shape index (κ3) is 3.28. The highest BCUT2D eigenvalue weighted by Gasteiger charge is 2.37. The van der Waals surface area contributed by atoms with Crippen molar-refractivity contribution in [1.82, 2.24) is 5.32 Å². The second-order valence-corrected chi connectivity index (χ2v) is 5.71. The Morgan fingerprint density at radius 1 is 1.71 bits per heavy atom. The summed E-state index contributed by atoms with van der Waals surface area (Å²) >= 11 is 1.85. The van der Waals surface area contributed by atoms with Crippen LogP contribution in [0.3, 0.4) is 0 Å². The summed E-state index contributed by atoms with van der Waals surface area (Å²) in [6.07, 6.45) is 2.64. The van der Waals surface area contributed by atoms with Crippen LogP contribution < -0.4 is 11.1 Å². The predicted molar refractivity (Wildman–Crippen MR) is 70.3 cm³/mol. The normalized spacial score (nSPS) is 25.1. The highest BCUT2D eigenvalue weighted by molar-refractivity contribution is 7.99. The number of carbonyl (C=O) groups is 1. The number of amides is 1. The number of nitrogens with zero attached hydrogens (tertiary/aromatic N) is 1. The molecule has 1 heterocycles. The number of nitrogens with one attached hydrogen (secondary N) is 1. The van der Waals surface area contributed by atoms with Crippen LogP contribution in [0.2, 0.25) is 0 Å². The Morgan fingerprint density at radius 2 is 2.41 bits per heavy atom. The summed E-state index contributed by atoms with van der Waals surface area (Å²) in [5.74, 6) is 1.93. The molecule has 1 amide bonds. The molecule has 2 atom stereocenters. The lowest BCUT2D eigenvalue weighted by Gasteiger charge is -2.30. The van der Waals surface area contributed by atoms with Crippen molar-refractivity contribution in [3.63, 3.8) is 0 Å². The lowest BCUT2D eigenvalue weighted by Crippen LogP contribution is -2.51. The van der Waals surface area contributed by atoms with Gasteiger partial charge in [0.1, 0.15) is 5.41 Å². The average molecular weight is 259 g/mol. The fraction of sp³-hybridized carbons (Fsp3) is 0.818. The third-order valence-corrected chi connectivity index (χ3v) is 4.59. The molecule has 0 radical (unpaired) electrons. The molecular weight excluding hydrogens is 238 g/mol. The van der Waals surface area contributed by atoms with Gasteiger partial charge in [-0.05, 0) is 31.9 Å². The first-order chi connectivity index (χ1) is 8.04. The van der Waals surface area contributed by atoms with Gasteiger partial charge in [-0.3, -0.25) is 4.79 Å². The molecule has 4 N–H and O–H groups in total. The quantitative estimate of drug-likeness (QED) is 0.306. The summed E-state index contributed by atoms with van der Waals surface area (Å²) in [6.45, 7) is 3.56. The number of amidine groups is 1. The van der Waals surface area contributed by atoms with Crippen molar-refractivity contribution in [2.24, 2.45) is 16.3 Å². The van der Waals surface area contributed by atoms with Gasteiger partial charge in [-0.2, -0.15) is 11.8 Å². The number of rotatable bonds is 4.